The second-order valence-electron chi connectivity index (χ2n) is 3.16. The Bertz CT molecular complexity index is 404. The van der Waals surface area contributed by atoms with E-state index >= 15 is 0 Å². The lowest BCUT2D eigenvalue weighted by molar-refractivity contribution is -0.164. The molecule has 1 N–H and O–H groups in total. The Morgan fingerprint density at radius 3 is 2.53 bits per heavy atom. The van der Waals surface area contributed by atoms with E-state index in [1.165, 1.54) is 18.7 Å². The van der Waals surface area contributed by atoms with E-state index in [1.54, 1.807) is 0 Å². The van der Waals surface area contributed by atoms with Crippen molar-refractivity contribution in [2.75, 3.05) is 0 Å². The molecule has 0 bridgehead atoms. The topological polar surface area (TPSA) is 55.1 Å². The molecule has 0 aliphatic rings. The zero-order valence-electron chi connectivity index (χ0n) is 8.09. The molecular weight excluding hydrogens is 230 g/mol. The summed E-state index contributed by atoms with van der Waals surface area (Å²) in [6.07, 6.45) is -0.944. The van der Waals surface area contributed by atoms with Gasteiger partial charge in [-0.3, -0.25) is 4.68 Å². The quantitative estimate of drug-likeness (QED) is 0.871. The van der Waals surface area contributed by atoms with Crippen molar-refractivity contribution in [2.24, 2.45) is 7.05 Å². The molecule has 0 aliphatic carbocycles. The number of carbonyl (C=O) groups is 1. The summed E-state index contributed by atoms with van der Waals surface area (Å²) in [5, 5.41) is 12.1. The fraction of sp³-hybridized carbons (Fsp3) is 0.500. The summed E-state index contributed by atoms with van der Waals surface area (Å²) < 4.78 is 27.0. The van der Waals surface area contributed by atoms with Gasteiger partial charge in [0.15, 0.2) is 0 Å². The molecule has 0 fully saturated rings. The number of carboxylic acid groups (broad SMARTS) is 1. The second-order valence-corrected chi connectivity index (χ2v) is 3.52. The Labute approximate surface area is 89.5 Å². The molecule has 4 nitrogen and oxygen atoms in total. The van der Waals surface area contributed by atoms with Gasteiger partial charge in [-0.2, -0.15) is 13.9 Å². The number of halogens is 3. The fourth-order valence-corrected chi connectivity index (χ4v) is 1.41. The van der Waals surface area contributed by atoms with Gasteiger partial charge >= 0.3 is 11.9 Å². The van der Waals surface area contributed by atoms with E-state index in [4.69, 9.17) is 16.7 Å². The highest BCUT2D eigenvalue weighted by Crippen LogP contribution is 2.27. The zero-order chi connectivity index (χ0) is 11.8. The standard InChI is InChI=1S/C8H9ClF2N2O2/c1-4-5(6(9)13(2)12-4)3-8(10,11)7(14)15/h3H2,1-2H3,(H,14,15). The van der Waals surface area contributed by atoms with Gasteiger partial charge < -0.3 is 5.11 Å². The first kappa shape index (κ1) is 11.9. The van der Waals surface area contributed by atoms with Crippen LogP contribution in [0.5, 0.6) is 0 Å². The first-order valence-corrected chi connectivity index (χ1v) is 4.42. The maximum absolute atomic E-state index is 12.9. The van der Waals surface area contributed by atoms with E-state index in [2.05, 4.69) is 5.10 Å². The van der Waals surface area contributed by atoms with Gasteiger partial charge in [-0.25, -0.2) is 4.79 Å². The molecule has 0 aliphatic heterocycles. The molecule has 1 aromatic heterocycles. The molecule has 0 spiro atoms. The molecule has 1 heterocycles. The molecule has 15 heavy (non-hydrogen) atoms. The molecule has 1 aromatic rings. The largest absolute Gasteiger partial charge is 0.477 e. The van der Waals surface area contributed by atoms with Crippen LogP contribution in [0, 0.1) is 6.92 Å². The molecule has 0 radical (unpaired) electrons. The highest BCUT2D eigenvalue weighted by atomic mass is 35.5. The van der Waals surface area contributed by atoms with Crippen molar-refractivity contribution >= 4 is 17.6 Å². The normalized spacial score (nSPS) is 11.8. The predicted octanol–water partition coefficient (Wildman–Crippen LogP) is 1.64. The molecule has 1 rings (SSSR count). The van der Waals surface area contributed by atoms with Crippen LogP contribution in [0.1, 0.15) is 11.3 Å². The smallest absolute Gasteiger partial charge is 0.374 e. The molecule has 0 aromatic carbocycles. The van der Waals surface area contributed by atoms with E-state index in [1.807, 2.05) is 0 Å². The molecule has 0 amide bonds. The van der Waals surface area contributed by atoms with E-state index < -0.39 is 18.3 Å². The van der Waals surface area contributed by atoms with Crippen LogP contribution < -0.4 is 0 Å². The number of aryl methyl sites for hydroxylation is 2. The van der Waals surface area contributed by atoms with Gasteiger partial charge in [-0.15, -0.1) is 0 Å². The summed E-state index contributed by atoms with van der Waals surface area (Å²) in [6.45, 7) is 1.50. The summed E-state index contributed by atoms with van der Waals surface area (Å²) in [4.78, 5) is 10.2. The van der Waals surface area contributed by atoms with Crippen molar-refractivity contribution in [1.82, 2.24) is 9.78 Å². The van der Waals surface area contributed by atoms with Crippen molar-refractivity contribution < 1.29 is 18.7 Å². The summed E-state index contributed by atoms with van der Waals surface area (Å²) in [5.41, 5.74) is 0.370. The van der Waals surface area contributed by atoms with E-state index in [-0.39, 0.29) is 10.7 Å². The maximum atomic E-state index is 12.9. The number of nitrogens with zero attached hydrogens (tertiary/aromatic N) is 2. The minimum Gasteiger partial charge on any atom is -0.477 e. The molecule has 0 saturated carbocycles. The lowest BCUT2D eigenvalue weighted by Gasteiger charge is -2.10. The number of alkyl halides is 2. The van der Waals surface area contributed by atoms with Gasteiger partial charge in [0.25, 0.3) is 0 Å². The van der Waals surface area contributed by atoms with Crippen LogP contribution in [0.15, 0.2) is 0 Å². The molecule has 0 unspecified atom stereocenters. The van der Waals surface area contributed by atoms with E-state index in [0.717, 1.165) is 0 Å². The Hall–Kier alpha value is -1.17. The van der Waals surface area contributed by atoms with Crippen molar-refractivity contribution in [3.8, 4) is 0 Å². The molecule has 0 atom stereocenters. The number of carboxylic acids is 1. The lowest BCUT2D eigenvalue weighted by Crippen LogP contribution is -2.30. The molecular formula is C8H9ClF2N2O2. The number of rotatable bonds is 3. The van der Waals surface area contributed by atoms with Gasteiger partial charge in [0.05, 0.1) is 12.1 Å². The fourth-order valence-electron chi connectivity index (χ4n) is 1.17. The van der Waals surface area contributed by atoms with Crippen LogP contribution in [-0.4, -0.2) is 26.8 Å². The van der Waals surface area contributed by atoms with Crippen molar-refractivity contribution in [1.29, 1.82) is 0 Å². The van der Waals surface area contributed by atoms with E-state index in [0.29, 0.717) is 5.69 Å². The Morgan fingerprint density at radius 1 is 1.67 bits per heavy atom. The van der Waals surface area contributed by atoms with Crippen LogP contribution >= 0.6 is 11.6 Å². The van der Waals surface area contributed by atoms with Crippen LogP contribution in [0.2, 0.25) is 5.15 Å². The van der Waals surface area contributed by atoms with Gasteiger partial charge in [0, 0.05) is 12.6 Å². The summed E-state index contributed by atoms with van der Waals surface area (Å²) >= 11 is 5.70. The minimum atomic E-state index is -3.82. The SMILES string of the molecule is Cc1nn(C)c(Cl)c1CC(F)(F)C(=O)O. The van der Waals surface area contributed by atoms with Crippen LogP contribution in [0.4, 0.5) is 8.78 Å². The number of hydrogen-bond acceptors (Lipinski definition) is 2. The first-order valence-electron chi connectivity index (χ1n) is 4.05. The first-order chi connectivity index (χ1) is 6.75. The van der Waals surface area contributed by atoms with Gasteiger partial charge in [-0.1, -0.05) is 11.6 Å². The summed E-state index contributed by atoms with van der Waals surface area (Å²) in [6, 6.07) is 0. The van der Waals surface area contributed by atoms with Crippen molar-refractivity contribution in [2.45, 2.75) is 19.3 Å². The van der Waals surface area contributed by atoms with Crippen LogP contribution in [-0.2, 0) is 18.3 Å². The lowest BCUT2D eigenvalue weighted by atomic mass is 10.1. The average molecular weight is 239 g/mol. The number of aromatic nitrogens is 2. The van der Waals surface area contributed by atoms with E-state index in [9.17, 15) is 13.6 Å². The summed E-state index contributed by atoms with van der Waals surface area (Å²) in [7, 11) is 1.50. The van der Waals surface area contributed by atoms with Crippen LogP contribution in [0.25, 0.3) is 0 Å². The maximum Gasteiger partial charge on any atom is 0.374 e. The molecule has 84 valence electrons. The number of aliphatic carboxylic acids is 1. The van der Waals surface area contributed by atoms with Gasteiger partial charge in [0.2, 0.25) is 0 Å². The summed E-state index contributed by atoms with van der Waals surface area (Å²) in [5.74, 6) is -5.99. The monoisotopic (exact) mass is 238 g/mol. The highest BCUT2D eigenvalue weighted by Gasteiger charge is 2.40. The zero-order valence-corrected chi connectivity index (χ0v) is 8.85. The average Bonchev–Trinajstić information content (AvgIpc) is 2.32. The van der Waals surface area contributed by atoms with Crippen molar-refractivity contribution in [3.05, 3.63) is 16.4 Å². The van der Waals surface area contributed by atoms with Gasteiger partial charge in [-0.05, 0) is 6.92 Å². The molecule has 0 saturated heterocycles. The second kappa shape index (κ2) is 3.77. The third-order valence-electron chi connectivity index (χ3n) is 1.98. The Balaban J connectivity index is 3.04. The Morgan fingerprint density at radius 2 is 2.20 bits per heavy atom. The number of hydrogen-bond donors (Lipinski definition) is 1. The van der Waals surface area contributed by atoms with Crippen molar-refractivity contribution in [3.63, 3.8) is 0 Å². The Kier molecular flexibility index (Phi) is 2.99. The highest BCUT2D eigenvalue weighted by molar-refractivity contribution is 6.30. The predicted molar refractivity (Wildman–Crippen MR) is 49.2 cm³/mol. The third-order valence-corrected chi connectivity index (χ3v) is 2.45. The third kappa shape index (κ3) is 2.26. The minimum absolute atomic E-state index is 0.0356. The molecule has 7 heteroatoms. The van der Waals surface area contributed by atoms with Gasteiger partial charge in [0.1, 0.15) is 5.15 Å². The van der Waals surface area contributed by atoms with Crippen LogP contribution in [0.3, 0.4) is 0 Å².